The first kappa shape index (κ1) is 21.0. The van der Waals surface area contributed by atoms with E-state index in [4.69, 9.17) is 15.2 Å². The summed E-state index contributed by atoms with van der Waals surface area (Å²) < 4.78 is 11.0. The van der Waals surface area contributed by atoms with E-state index in [0.29, 0.717) is 24.1 Å². The molecule has 25 heavy (non-hydrogen) atoms. The Morgan fingerprint density at radius 2 is 1.92 bits per heavy atom. The monoisotopic (exact) mass is 456 g/mol. The molecular formula is C18H25IN4O2. The summed E-state index contributed by atoms with van der Waals surface area (Å²) in [5, 5.41) is 3.03. The van der Waals surface area contributed by atoms with Crippen LogP contribution in [0.25, 0.3) is 0 Å². The van der Waals surface area contributed by atoms with Gasteiger partial charge in [-0.05, 0) is 38.5 Å². The maximum Gasteiger partial charge on any atom is 0.213 e. The van der Waals surface area contributed by atoms with Gasteiger partial charge in [-0.15, -0.1) is 24.0 Å². The molecule has 0 unspecified atom stereocenters. The Balaban J connectivity index is 0.00000312. The van der Waals surface area contributed by atoms with E-state index in [9.17, 15) is 0 Å². The molecule has 6 nitrogen and oxygen atoms in total. The summed E-state index contributed by atoms with van der Waals surface area (Å²) in [7, 11) is 1.61. The number of methoxy groups -OCH3 is 1. The number of pyridine rings is 1. The summed E-state index contributed by atoms with van der Waals surface area (Å²) in [4.78, 5) is 8.60. The highest BCUT2D eigenvalue weighted by molar-refractivity contribution is 14.0. The number of hydrogen-bond acceptors (Lipinski definition) is 4. The normalized spacial score (nSPS) is 11.4. The minimum atomic E-state index is -0.268. The molecular weight excluding hydrogens is 431 g/mol. The number of nitrogens with two attached hydrogens (primary N) is 1. The number of aromatic nitrogens is 1. The number of nitrogens with one attached hydrogen (secondary N) is 1. The van der Waals surface area contributed by atoms with E-state index in [1.54, 1.807) is 13.3 Å². The van der Waals surface area contributed by atoms with Gasteiger partial charge in [0, 0.05) is 12.3 Å². The van der Waals surface area contributed by atoms with Crippen LogP contribution in [0, 0.1) is 0 Å². The second kappa shape index (κ2) is 9.45. The van der Waals surface area contributed by atoms with Gasteiger partial charge in [0.25, 0.3) is 0 Å². The molecule has 0 radical (unpaired) electrons. The summed E-state index contributed by atoms with van der Waals surface area (Å²) in [6.07, 6.45) is 1.74. The molecule has 0 aliphatic rings. The minimum Gasteiger partial charge on any atom is -0.495 e. The van der Waals surface area contributed by atoms with E-state index in [1.165, 1.54) is 0 Å². The summed E-state index contributed by atoms with van der Waals surface area (Å²) in [6, 6.07) is 11.3. The zero-order valence-corrected chi connectivity index (χ0v) is 17.3. The van der Waals surface area contributed by atoms with E-state index in [0.717, 1.165) is 11.3 Å². The number of nitrogens with zero attached hydrogens (tertiary/aromatic N) is 2. The smallest absolute Gasteiger partial charge is 0.213 e. The van der Waals surface area contributed by atoms with Crippen LogP contribution in [0.4, 0.5) is 5.69 Å². The molecule has 0 saturated heterocycles. The summed E-state index contributed by atoms with van der Waals surface area (Å²) in [5.41, 5.74) is 7.38. The van der Waals surface area contributed by atoms with Crippen molar-refractivity contribution in [2.24, 2.45) is 10.7 Å². The number of anilines is 1. The molecule has 2 rings (SSSR count). The van der Waals surface area contributed by atoms with Crippen molar-refractivity contribution in [1.82, 2.24) is 4.98 Å². The number of benzene rings is 1. The average molecular weight is 456 g/mol. The summed E-state index contributed by atoms with van der Waals surface area (Å²) >= 11 is 0. The maximum atomic E-state index is 5.93. The van der Waals surface area contributed by atoms with Gasteiger partial charge in [-0.1, -0.05) is 18.2 Å². The van der Waals surface area contributed by atoms with Gasteiger partial charge < -0.3 is 20.5 Å². The van der Waals surface area contributed by atoms with Gasteiger partial charge in [-0.2, -0.15) is 0 Å². The Kier molecular flexibility index (Phi) is 7.95. The van der Waals surface area contributed by atoms with Crippen LogP contribution >= 0.6 is 24.0 Å². The van der Waals surface area contributed by atoms with Crippen molar-refractivity contribution in [2.75, 3.05) is 12.4 Å². The first-order chi connectivity index (χ1) is 11.4. The number of halogens is 1. The number of para-hydroxylation sites is 2. The predicted octanol–water partition coefficient (Wildman–Crippen LogP) is 3.81. The van der Waals surface area contributed by atoms with E-state index in [1.807, 2.05) is 57.2 Å². The van der Waals surface area contributed by atoms with Crippen LogP contribution in [-0.2, 0) is 6.54 Å². The lowest BCUT2D eigenvalue weighted by atomic mass is 10.2. The standard InChI is InChI=1S/C18H24N4O2.HI/c1-18(2,3)24-16-10-9-13(11-20-16)12-21-17(19)22-14-7-5-6-8-15(14)23-4;/h5-11H,12H2,1-4H3,(H3,19,21,22);1H. The first-order valence-electron chi connectivity index (χ1n) is 7.71. The fraction of sp³-hybridized carbons (Fsp3) is 0.333. The van der Waals surface area contributed by atoms with Gasteiger partial charge in [-0.3, -0.25) is 0 Å². The first-order valence-corrected chi connectivity index (χ1v) is 7.71. The Morgan fingerprint density at radius 3 is 2.52 bits per heavy atom. The SMILES string of the molecule is COc1ccccc1NC(N)=NCc1ccc(OC(C)(C)C)nc1.I. The predicted molar refractivity (Wildman–Crippen MR) is 112 cm³/mol. The molecule has 136 valence electrons. The van der Waals surface area contributed by atoms with Crippen LogP contribution in [0.3, 0.4) is 0 Å². The van der Waals surface area contributed by atoms with Crippen molar-refractivity contribution in [1.29, 1.82) is 0 Å². The van der Waals surface area contributed by atoms with Gasteiger partial charge in [0.2, 0.25) is 5.88 Å². The number of guanidine groups is 1. The lowest BCUT2D eigenvalue weighted by molar-refractivity contribution is 0.124. The zero-order chi connectivity index (χ0) is 17.6. The lowest BCUT2D eigenvalue weighted by Crippen LogP contribution is -2.23. The van der Waals surface area contributed by atoms with Crippen molar-refractivity contribution in [3.05, 3.63) is 48.2 Å². The number of ether oxygens (including phenoxy) is 2. The maximum absolute atomic E-state index is 5.93. The fourth-order valence-corrected chi connectivity index (χ4v) is 1.98. The molecule has 0 bridgehead atoms. The van der Waals surface area contributed by atoms with E-state index in [-0.39, 0.29) is 29.6 Å². The van der Waals surface area contributed by atoms with Crippen LogP contribution in [-0.4, -0.2) is 23.7 Å². The molecule has 0 aliphatic carbocycles. The van der Waals surface area contributed by atoms with E-state index >= 15 is 0 Å². The Labute approximate surface area is 165 Å². The molecule has 1 aromatic carbocycles. The van der Waals surface area contributed by atoms with Crippen LogP contribution in [0.1, 0.15) is 26.3 Å². The van der Waals surface area contributed by atoms with Crippen LogP contribution in [0.2, 0.25) is 0 Å². The minimum absolute atomic E-state index is 0. The average Bonchev–Trinajstić information content (AvgIpc) is 2.53. The molecule has 0 fully saturated rings. The Hall–Kier alpha value is -2.03. The molecule has 0 spiro atoms. The third-order valence-electron chi connectivity index (χ3n) is 3.01. The van der Waals surface area contributed by atoms with Crippen LogP contribution < -0.4 is 20.5 Å². The highest BCUT2D eigenvalue weighted by Crippen LogP contribution is 2.22. The van der Waals surface area contributed by atoms with Crippen molar-refractivity contribution < 1.29 is 9.47 Å². The van der Waals surface area contributed by atoms with E-state index in [2.05, 4.69) is 15.3 Å². The van der Waals surface area contributed by atoms with Crippen molar-refractivity contribution in [2.45, 2.75) is 32.9 Å². The number of hydrogen-bond donors (Lipinski definition) is 2. The van der Waals surface area contributed by atoms with Gasteiger partial charge in [0.15, 0.2) is 5.96 Å². The molecule has 1 heterocycles. The van der Waals surface area contributed by atoms with Gasteiger partial charge in [0.05, 0.1) is 19.3 Å². The number of aliphatic imine (C=N–C) groups is 1. The molecule has 0 amide bonds. The van der Waals surface area contributed by atoms with Gasteiger partial charge >= 0.3 is 0 Å². The zero-order valence-electron chi connectivity index (χ0n) is 14.9. The summed E-state index contributed by atoms with van der Waals surface area (Å²) in [5.74, 6) is 1.62. The highest BCUT2D eigenvalue weighted by atomic mass is 127. The quantitative estimate of drug-likeness (QED) is 0.406. The fourth-order valence-electron chi connectivity index (χ4n) is 1.98. The third kappa shape index (κ3) is 7.16. The molecule has 0 atom stereocenters. The van der Waals surface area contributed by atoms with Crippen LogP contribution in [0.5, 0.6) is 11.6 Å². The largest absolute Gasteiger partial charge is 0.495 e. The molecule has 0 saturated carbocycles. The highest BCUT2D eigenvalue weighted by Gasteiger charge is 2.12. The van der Waals surface area contributed by atoms with Crippen molar-refractivity contribution in [3.63, 3.8) is 0 Å². The van der Waals surface area contributed by atoms with Gasteiger partial charge in [-0.25, -0.2) is 9.98 Å². The Morgan fingerprint density at radius 1 is 1.20 bits per heavy atom. The summed E-state index contributed by atoms with van der Waals surface area (Å²) in [6.45, 7) is 6.38. The second-order valence-corrected chi connectivity index (χ2v) is 6.25. The van der Waals surface area contributed by atoms with Crippen molar-refractivity contribution >= 4 is 35.6 Å². The van der Waals surface area contributed by atoms with Crippen LogP contribution in [0.15, 0.2) is 47.6 Å². The molecule has 1 aromatic heterocycles. The van der Waals surface area contributed by atoms with Gasteiger partial charge in [0.1, 0.15) is 11.4 Å². The topological polar surface area (TPSA) is 81.8 Å². The Bertz CT molecular complexity index is 697. The molecule has 3 N–H and O–H groups in total. The third-order valence-corrected chi connectivity index (χ3v) is 3.01. The van der Waals surface area contributed by atoms with E-state index < -0.39 is 0 Å². The second-order valence-electron chi connectivity index (χ2n) is 6.25. The number of rotatable bonds is 5. The molecule has 0 aliphatic heterocycles. The lowest BCUT2D eigenvalue weighted by Gasteiger charge is -2.20. The molecule has 2 aromatic rings. The molecule has 7 heteroatoms. The van der Waals surface area contributed by atoms with Crippen molar-refractivity contribution in [3.8, 4) is 11.6 Å².